The quantitative estimate of drug-likeness (QED) is 0.661. The van der Waals surface area contributed by atoms with Crippen molar-refractivity contribution in [3.63, 3.8) is 0 Å². The van der Waals surface area contributed by atoms with Gasteiger partial charge in [-0.1, -0.05) is 39.5 Å². The van der Waals surface area contributed by atoms with E-state index in [4.69, 9.17) is 4.74 Å². The summed E-state index contributed by atoms with van der Waals surface area (Å²) in [6, 6.07) is 0. The van der Waals surface area contributed by atoms with Gasteiger partial charge in [0.15, 0.2) is 9.84 Å². The first-order valence-electron chi connectivity index (χ1n) is 11.9. The van der Waals surface area contributed by atoms with Crippen LogP contribution in [0.2, 0.25) is 0 Å². The van der Waals surface area contributed by atoms with Gasteiger partial charge in [-0.3, -0.25) is 0 Å². The van der Waals surface area contributed by atoms with Crippen LogP contribution < -0.4 is 0 Å². The second-order valence-corrected chi connectivity index (χ2v) is 12.2. The molecule has 170 valence electrons. The monoisotopic (exact) mass is 432 g/mol. The Hall–Kier alpha value is -0.200. The molecule has 3 fully saturated rings. The molecule has 8 atom stereocenters. The van der Waals surface area contributed by atoms with Crippen molar-refractivity contribution in [3.8, 4) is 0 Å². The lowest BCUT2D eigenvalue weighted by Crippen LogP contribution is -2.50. The van der Waals surface area contributed by atoms with Gasteiger partial charge in [-0.2, -0.15) is 0 Å². The molecule has 3 rings (SSSR count). The zero-order valence-corrected chi connectivity index (χ0v) is 19.3. The molecule has 2 aliphatic carbocycles. The molecule has 0 bridgehead atoms. The van der Waals surface area contributed by atoms with Gasteiger partial charge in [0, 0.05) is 12.5 Å². The number of hydrogen-bond acceptors (Lipinski definition) is 4. The van der Waals surface area contributed by atoms with Crippen molar-refractivity contribution in [2.24, 2.45) is 23.2 Å². The summed E-state index contributed by atoms with van der Waals surface area (Å²) in [5.41, 5.74) is -0.656. The second-order valence-electron chi connectivity index (χ2n) is 9.99. The highest BCUT2D eigenvalue weighted by molar-refractivity contribution is 7.92. The van der Waals surface area contributed by atoms with Crippen LogP contribution in [0.1, 0.15) is 84.5 Å². The molecular weight excluding hydrogens is 391 g/mol. The van der Waals surface area contributed by atoms with Gasteiger partial charge in [0.2, 0.25) is 0 Å². The Bertz CT molecular complexity index is 639. The van der Waals surface area contributed by atoms with Crippen LogP contribution in [0.5, 0.6) is 0 Å². The minimum Gasteiger partial charge on any atom is -0.392 e. The molecule has 1 aliphatic heterocycles. The maximum atomic E-state index is 15.2. The van der Waals surface area contributed by atoms with Crippen LogP contribution in [0.15, 0.2) is 0 Å². The Morgan fingerprint density at radius 1 is 1.10 bits per heavy atom. The molecule has 6 heteroatoms. The first-order chi connectivity index (χ1) is 13.8. The van der Waals surface area contributed by atoms with Crippen molar-refractivity contribution in [1.29, 1.82) is 0 Å². The van der Waals surface area contributed by atoms with Crippen LogP contribution >= 0.6 is 0 Å². The molecule has 2 saturated carbocycles. The maximum Gasteiger partial charge on any atom is 0.154 e. The van der Waals surface area contributed by atoms with E-state index in [0.717, 1.165) is 38.5 Å². The Labute approximate surface area is 176 Å². The van der Waals surface area contributed by atoms with Crippen LogP contribution in [0.25, 0.3) is 0 Å². The number of fused-ring (bicyclic) bond motifs is 1. The topological polar surface area (TPSA) is 63.6 Å². The summed E-state index contributed by atoms with van der Waals surface area (Å²) in [6.45, 7) is 4.10. The summed E-state index contributed by atoms with van der Waals surface area (Å²) in [7, 11) is -1.68. The van der Waals surface area contributed by atoms with Crippen LogP contribution in [0.4, 0.5) is 4.39 Å². The molecule has 0 spiro atoms. The van der Waals surface area contributed by atoms with Gasteiger partial charge in [-0.05, 0) is 62.7 Å². The third-order valence-electron chi connectivity index (χ3n) is 8.51. The molecule has 1 N–H and O–H groups in total. The lowest BCUT2D eigenvalue weighted by Gasteiger charge is -2.47. The molecule has 0 aromatic carbocycles. The first-order valence-corrected chi connectivity index (χ1v) is 13.6. The molecule has 0 amide bonds. The zero-order chi connectivity index (χ0) is 21.2. The number of methoxy groups -OCH3 is 1. The van der Waals surface area contributed by atoms with Crippen molar-refractivity contribution in [2.45, 2.75) is 108 Å². The van der Waals surface area contributed by atoms with Gasteiger partial charge in [0.1, 0.15) is 6.17 Å². The van der Waals surface area contributed by atoms with Gasteiger partial charge in [-0.25, -0.2) is 12.8 Å². The standard InChI is InChI=1S/C23H41FO4S/c1-4-6-13-23(5-2)15-29(26,27)20-12-11-16(28-3)14-18(20)21(22(23)25)17-9-7-8-10-19(17)24/h16-22,25H,4-15H2,1-3H3/t16?,17?,18?,19?,20?,21-,22-,23+/m0/s1. The van der Waals surface area contributed by atoms with E-state index in [1.54, 1.807) is 7.11 Å². The molecule has 0 radical (unpaired) electrons. The number of alkyl halides is 1. The lowest BCUT2D eigenvalue weighted by atomic mass is 9.60. The predicted octanol–water partition coefficient (Wildman–Crippen LogP) is 4.69. The summed E-state index contributed by atoms with van der Waals surface area (Å²) >= 11 is 0. The Balaban J connectivity index is 2.08. The van der Waals surface area contributed by atoms with E-state index in [1.807, 2.05) is 6.92 Å². The smallest absolute Gasteiger partial charge is 0.154 e. The third-order valence-corrected chi connectivity index (χ3v) is 11.0. The van der Waals surface area contributed by atoms with E-state index in [1.165, 1.54) is 0 Å². The number of sulfone groups is 1. The van der Waals surface area contributed by atoms with Gasteiger partial charge >= 0.3 is 0 Å². The highest BCUT2D eigenvalue weighted by Crippen LogP contribution is 2.53. The normalized spacial score (nSPS) is 45.3. The molecular formula is C23H41FO4S. The van der Waals surface area contributed by atoms with Crippen LogP contribution in [-0.2, 0) is 14.6 Å². The average Bonchev–Trinajstić information content (AvgIpc) is 2.78. The minimum absolute atomic E-state index is 0.00701. The fraction of sp³-hybridized carbons (Fsp3) is 1.00. The van der Waals surface area contributed by atoms with E-state index < -0.39 is 32.8 Å². The number of halogens is 1. The zero-order valence-electron chi connectivity index (χ0n) is 18.5. The first kappa shape index (κ1) is 23.5. The van der Waals surface area contributed by atoms with E-state index in [-0.39, 0.29) is 29.6 Å². The fourth-order valence-corrected chi connectivity index (χ4v) is 9.63. The summed E-state index contributed by atoms with van der Waals surface area (Å²) in [4.78, 5) is 0. The summed E-state index contributed by atoms with van der Waals surface area (Å²) in [5, 5.41) is 11.4. The molecule has 5 unspecified atom stereocenters. The fourth-order valence-electron chi connectivity index (χ4n) is 6.77. The van der Waals surface area contributed by atoms with Crippen molar-refractivity contribution >= 4 is 9.84 Å². The van der Waals surface area contributed by atoms with Crippen molar-refractivity contribution in [1.82, 2.24) is 0 Å². The van der Waals surface area contributed by atoms with Gasteiger partial charge in [-0.15, -0.1) is 0 Å². The van der Waals surface area contributed by atoms with Crippen molar-refractivity contribution in [3.05, 3.63) is 0 Å². The number of rotatable bonds is 6. The lowest BCUT2D eigenvalue weighted by molar-refractivity contribution is -0.0888. The molecule has 29 heavy (non-hydrogen) atoms. The Morgan fingerprint density at radius 2 is 1.83 bits per heavy atom. The van der Waals surface area contributed by atoms with Crippen LogP contribution in [0, 0.1) is 23.2 Å². The number of hydrogen-bond donors (Lipinski definition) is 1. The second kappa shape index (κ2) is 9.52. The molecule has 3 aliphatic rings. The summed E-state index contributed by atoms with van der Waals surface area (Å²) < 4.78 is 48.0. The molecule has 0 aromatic rings. The van der Waals surface area contributed by atoms with Crippen LogP contribution in [0.3, 0.4) is 0 Å². The van der Waals surface area contributed by atoms with Crippen molar-refractivity contribution < 1.29 is 22.7 Å². The van der Waals surface area contributed by atoms with E-state index >= 15 is 4.39 Å². The highest BCUT2D eigenvalue weighted by Gasteiger charge is 2.57. The SMILES string of the molecule is CCCC[C@]1(CC)CS(=O)(=O)C2CCC(OC)CC2[C@H](C2CCCCC2F)[C@@H]1O. The van der Waals surface area contributed by atoms with Crippen LogP contribution in [-0.4, -0.2) is 50.0 Å². The van der Waals surface area contributed by atoms with Crippen molar-refractivity contribution in [2.75, 3.05) is 12.9 Å². The molecule has 0 aromatic heterocycles. The van der Waals surface area contributed by atoms with Gasteiger partial charge in [0.25, 0.3) is 0 Å². The Morgan fingerprint density at radius 3 is 2.45 bits per heavy atom. The molecule has 4 nitrogen and oxygen atoms in total. The summed E-state index contributed by atoms with van der Waals surface area (Å²) in [6.07, 6.45) is 6.60. The van der Waals surface area contributed by atoms with Gasteiger partial charge in [0.05, 0.1) is 23.2 Å². The third kappa shape index (κ3) is 4.55. The number of aliphatic hydroxyl groups excluding tert-OH is 1. The predicted molar refractivity (Wildman–Crippen MR) is 114 cm³/mol. The van der Waals surface area contributed by atoms with E-state index in [2.05, 4.69) is 6.92 Å². The number of ether oxygens (including phenoxy) is 1. The maximum absolute atomic E-state index is 15.2. The summed E-state index contributed by atoms with van der Waals surface area (Å²) in [5.74, 6) is -0.674. The van der Waals surface area contributed by atoms with E-state index in [9.17, 15) is 13.5 Å². The Kier molecular flexibility index (Phi) is 7.70. The number of aliphatic hydroxyl groups is 1. The highest BCUT2D eigenvalue weighted by atomic mass is 32.2. The van der Waals surface area contributed by atoms with Gasteiger partial charge < -0.3 is 9.84 Å². The average molecular weight is 433 g/mol. The largest absolute Gasteiger partial charge is 0.392 e. The molecule has 1 heterocycles. The van der Waals surface area contributed by atoms with E-state index in [0.29, 0.717) is 32.1 Å². The molecule has 1 saturated heterocycles. The number of unbranched alkanes of at least 4 members (excludes halogenated alkanes) is 1. The minimum atomic E-state index is -3.36.